The maximum atomic E-state index is 8.81. The van der Waals surface area contributed by atoms with E-state index in [2.05, 4.69) is 27.7 Å². The predicted octanol–water partition coefficient (Wildman–Crippen LogP) is 4.64. The molecule has 0 spiro atoms. The van der Waals surface area contributed by atoms with Crippen LogP contribution in [0.15, 0.2) is 0 Å². The van der Waals surface area contributed by atoms with Crippen LogP contribution < -0.4 is 0 Å². The largest absolute Gasteiger partial charge is 0.396 e. The Morgan fingerprint density at radius 3 is 1.56 bits per heavy atom. The second-order valence-corrected chi connectivity index (χ2v) is 5.98. The maximum Gasteiger partial charge on any atom is 0.0433 e. The number of rotatable bonds is 10. The van der Waals surface area contributed by atoms with Crippen LogP contribution in [0.2, 0.25) is 0 Å². The molecule has 1 nitrogen and oxygen atoms in total. The molecule has 2 atom stereocenters. The quantitative estimate of drug-likeness (QED) is 0.577. The lowest BCUT2D eigenvalue weighted by Crippen LogP contribution is -2.01. The van der Waals surface area contributed by atoms with Gasteiger partial charge < -0.3 is 5.11 Å². The van der Waals surface area contributed by atoms with Crippen molar-refractivity contribution in [1.29, 1.82) is 0 Å². The fourth-order valence-corrected chi connectivity index (χ4v) is 2.20. The lowest BCUT2D eigenvalue weighted by Gasteiger charge is -2.14. The Hall–Kier alpha value is -0.0400. The molecule has 0 aromatic carbocycles. The molecule has 0 bridgehead atoms. The Bertz CT molecular complexity index is 142. The van der Waals surface area contributed by atoms with Crippen LogP contribution in [0.3, 0.4) is 0 Å². The minimum atomic E-state index is 0.352. The third kappa shape index (κ3) is 10.5. The Labute approximate surface area is 103 Å². The summed E-state index contributed by atoms with van der Waals surface area (Å²) in [5.74, 6) is 2.45. The van der Waals surface area contributed by atoms with E-state index in [1.807, 2.05) is 0 Å². The van der Waals surface area contributed by atoms with Gasteiger partial charge in [-0.3, -0.25) is 0 Å². The van der Waals surface area contributed by atoms with E-state index in [-0.39, 0.29) is 0 Å². The lowest BCUT2D eigenvalue weighted by atomic mass is 9.93. The zero-order valence-corrected chi connectivity index (χ0v) is 11.8. The Morgan fingerprint density at radius 2 is 1.12 bits per heavy atom. The summed E-state index contributed by atoms with van der Waals surface area (Å²) in [5.41, 5.74) is 0. The van der Waals surface area contributed by atoms with Crippen molar-refractivity contribution in [3.8, 4) is 0 Å². The van der Waals surface area contributed by atoms with E-state index in [9.17, 15) is 0 Å². The molecule has 0 aromatic heterocycles. The first kappa shape index (κ1) is 16.0. The standard InChI is InChI=1S/C15H32O/c1-13(2)7-5-8-14(3)9-6-10-15(4)11-12-16/h13-16H,5-12H2,1-4H3/t14-,15-/m1/s1. The summed E-state index contributed by atoms with van der Waals surface area (Å²) >= 11 is 0. The molecule has 0 saturated carbocycles. The van der Waals surface area contributed by atoms with Gasteiger partial charge in [0.2, 0.25) is 0 Å². The lowest BCUT2D eigenvalue weighted by molar-refractivity contribution is 0.255. The number of aliphatic hydroxyl groups is 1. The molecule has 0 rings (SSSR count). The summed E-state index contributed by atoms with van der Waals surface area (Å²) < 4.78 is 0. The van der Waals surface area contributed by atoms with Crippen molar-refractivity contribution >= 4 is 0 Å². The fourth-order valence-electron chi connectivity index (χ4n) is 2.20. The summed E-state index contributed by atoms with van der Waals surface area (Å²) in [4.78, 5) is 0. The average molecular weight is 228 g/mol. The van der Waals surface area contributed by atoms with Gasteiger partial charge in [-0.1, -0.05) is 66.2 Å². The van der Waals surface area contributed by atoms with Crippen LogP contribution in [0.4, 0.5) is 0 Å². The van der Waals surface area contributed by atoms with Gasteiger partial charge >= 0.3 is 0 Å². The number of aliphatic hydroxyl groups excluding tert-OH is 1. The molecule has 0 aliphatic carbocycles. The highest BCUT2D eigenvalue weighted by Gasteiger charge is 2.05. The number of hydrogen-bond acceptors (Lipinski definition) is 1. The van der Waals surface area contributed by atoms with Crippen LogP contribution in [0.25, 0.3) is 0 Å². The van der Waals surface area contributed by atoms with Crippen molar-refractivity contribution in [3.63, 3.8) is 0 Å². The molecule has 0 heterocycles. The Balaban J connectivity index is 3.32. The van der Waals surface area contributed by atoms with E-state index in [0.29, 0.717) is 12.5 Å². The molecule has 0 saturated heterocycles. The molecule has 0 fully saturated rings. The average Bonchev–Trinajstić information content (AvgIpc) is 2.17. The predicted molar refractivity (Wildman–Crippen MR) is 72.6 cm³/mol. The first-order valence-corrected chi connectivity index (χ1v) is 7.17. The van der Waals surface area contributed by atoms with Crippen molar-refractivity contribution in [1.82, 2.24) is 0 Å². The van der Waals surface area contributed by atoms with Gasteiger partial charge in [-0.25, -0.2) is 0 Å². The molecular weight excluding hydrogens is 196 g/mol. The summed E-state index contributed by atoms with van der Waals surface area (Å²) in [5, 5.41) is 8.81. The highest BCUT2D eigenvalue weighted by Crippen LogP contribution is 2.19. The van der Waals surface area contributed by atoms with E-state index in [4.69, 9.17) is 5.11 Å². The Kier molecular flexibility index (Phi) is 10.1. The molecule has 0 unspecified atom stereocenters. The second kappa shape index (κ2) is 10.1. The first-order chi connectivity index (χ1) is 7.56. The molecule has 0 aliphatic rings. The van der Waals surface area contributed by atoms with E-state index >= 15 is 0 Å². The van der Waals surface area contributed by atoms with Crippen LogP contribution in [0.1, 0.15) is 72.6 Å². The zero-order chi connectivity index (χ0) is 12.4. The molecule has 0 radical (unpaired) electrons. The third-order valence-electron chi connectivity index (χ3n) is 3.49. The normalized spacial score (nSPS) is 15.4. The first-order valence-electron chi connectivity index (χ1n) is 7.17. The molecule has 98 valence electrons. The molecule has 1 N–H and O–H groups in total. The molecule has 0 aromatic rings. The van der Waals surface area contributed by atoms with E-state index < -0.39 is 0 Å². The van der Waals surface area contributed by atoms with Crippen molar-refractivity contribution in [2.75, 3.05) is 6.61 Å². The van der Waals surface area contributed by atoms with Crippen LogP contribution in [-0.4, -0.2) is 11.7 Å². The highest BCUT2D eigenvalue weighted by atomic mass is 16.3. The van der Waals surface area contributed by atoms with Gasteiger partial charge in [0.1, 0.15) is 0 Å². The summed E-state index contributed by atoms with van der Waals surface area (Å²) in [6, 6.07) is 0. The van der Waals surface area contributed by atoms with Crippen LogP contribution >= 0.6 is 0 Å². The minimum Gasteiger partial charge on any atom is -0.396 e. The van der Waals surface area contributed by atoms with Gasteiger partial charge in [0.05, 0.1) is 0 Å². The van der Waals surface area contributed by atoms with Crippen molar-refractivity contribution in [3.05, 3.63) is 0 Å². The van der Waals surface area contributed by atoms with Crippen molar-refractivity contribution in [2.45, 2.75) is 72.6 Å². The fraction of sp³-hybridized carbons (Fsp3) is 1.00. The Morgan fingerprint density at radius 1 is 0.688 bits per heavy atom. The van der Waals surface area contributed by atoms with Gasteiger partial charge in [-0.05, 0) is 24.2 Å². The topological polar surface area (TPSA) is 20.2 Å². The van der Waals surface area contributed by atoms with Crippen LogP contribution in [0, 0.1) is 17.8 Å². The smallest absolute Gasteiger partial charge is 0.0433 e. The van der Waals surface area contributed by atoms with Gasteiger partial charge in [-0.15, -0.1) is 0 Å². The van der Waals surface area contributed by atoms with Crippen molar-refractivity contribution < 1.29 is 5.11 Å². The maximum absolute atomic E-state index is 8.81. The van der Waals surface area contributed by atoms with Crippen LogP contribution in [-0.2, 0) is 0 Å². The van der Waals surface area contributed by atoms with E-state index in [1.54, 1.807) is 0 Å². The molecule has 16 heavy (non-hydrogen) atoms. The monoisotopic (exact) mass is 228 g/mol. The zero-order valence-electron chi connectivity index (χ0n) is 11.8. The SMILES string of the molecule is CC(C)CCC[C@@H](C)CCC[C@@H](C)CCO. The van der Waals surface area contributed by atoms with Gasteiger partial charge in [0.25, 0.3) is 0 Å². The highest BCUT2D eigenvalue weighted by molar-refractivity contribution is 4.58. The van der Waals surface area contributed by atoms with Crippen LogP contribution in [0.5, 0.6) is 0 Å². The van der Waals surface area contributed by atoms with Crippen molar-refractivity contribution in [2.24, 2.45) is 17.8 Å². The van der Waals surface area contributed by atoms with Gasteiger partial charge in [0, 0.05) is 6.61 Å². The minimum absolute atomic E-state index is 0.352. The molecular formula is C15H32O. The van der Waals surface area contributed by atoms with E-state index in [1.165, 1.54) is 38.5 Å². The summed E-state index contributed by atoms with van der Waals surface area (Å²) in [6.07, 6.45) is 9.14. The van der Waals surface area contributed by atoms with Gasteiger partial charge in [-0.2, -0.15) is 0 Å². The second-order valence-electron chi connectivity index (χ2n) is 5.98. The molecule has 0 aliphatic heterocycles. The third-order valence-corrected chi connectivity index (χ3v) is 3.49. The van der Waals surface area contributed by atoms with E-state index in [0.717, 1.165) is 18.3 Å². The molecule has 1 heteroatoms. The summed E-state index contributed by atoms with van der Waals surface area (Å²) in [6.45, 7) is 9.60. The molecule has 0 amide bonds. The summed E-state index contributed by atoms with van der Waals surface area (Å²) in [7, 11) is 0. The number of hydrogen-bond donors (Lipinski definition) is 1. The van der Waals surface area contributed by atoms with Gasteiger partial charge in [0.15, 0.2) is 0 Å².